The maximum atomic E-state index is 10.8. The monoisotopic (exact) mass is 156 g/mol. The van der Waals surface area contributed by atoms with Crippen LogP contribution in [0.15, 0.2) is 0 Å². The molecule has 2 amide bonds. The number of amides is 2. The van der Waals surface area contributed by atoms with Crippen molar-refractivity contribution >= 4 is 6.03 Å². The van der Waals surface area contributed by atoms with Gasteiger partial charge in [-0.3, -0.25) is 5.32 Å². The summed E-state index contributed by atoms with van der Waals surface area (Å²) in [5.41, 5.74) is 0. The molecule has 2 heterocycles. The summed E-state index contributed by atoms with van der Waals surface area (Å²) in [6, 6.07) is -0.0688. The first-order valence-electron chi connectivity index (χ1n) is 3.85. The van der Waals surface area contributed by atoms with Crippen molar-refractivity contribution in [2.75, 3.05) is 19.8 Å². The van der Waals surface area contributed by atoms with Crippen molar-refractivity contribution in [3.63, 3.8) is 0 Å². The highest BCUT2D eigenvalue weighted by Gasteiger charge is 2.29. The average molecular weight is 156 g/mol. The minimum Gasteiger partial charge on any atom is -0.338 e. The van der Waals surface area contributed by atoms with E-state index in [1.807, 2.05) is 0 Å². The van der Waals surface area contributed by atoms with Crippen LogP contribution in [0.3, 0.4) is 0 Å². The van der Waals surface area contributed by atoms with E-state index >= 15 is 0 Å². The van der Waals surface area contributed by atoms with Crippen molar-refractivity contribution in [2.24, 2.45) is 5.92 Å². The van der Waals surface area contributed by atoms with Gasteiger partial charge in [-0.25, -0.2) is 4.79 Å². The third kappa shape index (κ3) is 1.29. The Bertz CT molecular complexity index is 172. The van der Waals surface area contributed by atoms with E-state index in [2.05, 4.69) is 21.3 Å². The summed E-state index contributed by atoms with van der Waals surface area (Å²) in [5, 5.41) is 11.9. The summed E-state index contributed by atoms with van der Waals surface area (Å²) < 4.78 is 0. The summed E-state index contributed by atoms with van der Waals surface area (Å²) in [5.74, 6) is 0.474. The fourth-order valence-corrected chi connectivity index (χ4v) is 1.50. The third-order valence-electron chi connectivity index (χ3n) is 2.14. The largest absolute Gasteiger partial charge is 0.338 e. The fraction of sp³-hybridized carbons (Fsp3) is 0.833. The smallest absolute Gasteiger partial charge is 0.316 e. The van der Waals surface area contributed by atoms with E-state index in [0.29, 0.717) is 5.92 Å². The molecule has 4 N–H and O–H groups in total. The molecule has 5 nitrogen and oxygen atoms in total. The Morgan fingerprint density at radius 3 is 3.18 bits per heavy atom. The quantitative estimate of drug-likeness (QED) is 0.341. The molecule has 2 aliphatic rings. The molecular formula is C6H12N4O. The van der Waals surface area contributed by atoms with Gasteiger partial charge in [0.05, 0.1) is 6.17 Å². The van der Waals surface area contributed by atoms with Crippen LogP contribution in [-0.4, -0.2) is 32.0 Å². The first kappa shape index (κ1) is 6.87. The fourth-order valence-electron chi connectivity index (χ4n) is 1.50. The summed E-state index contributed by atoms with van der Waals surface area (Å²) >= 11 is 0. The highest BCUT2D eigenvalue weighted by Crippen LogP contribution is 2.05. The Labute approximate surface area is 64.9 Å². The van der Waals surface area contributed by atoms with Crippen LogP contribution >= 0.6 is 0 Å². The van der Waals surface area contributed by atoms with Gasteiger partial charge in [0, 0.05) is 25.7 Å². The molecule has 62 valence electrons. The molecule has 0 aliphatic carbocycles. The number of rotatable bonds is 0. The zero-order chi connectivity index (χ0) is 7.68. The number of hydrogen-bond donors (Lipinski definition) is 4. The van der Waals surface area contributed by atoms with Gasteiger partial charge in [0.25, 0.3) is 0 Å². The molecular weight excluding hydrogens is 144 g/mol. The molecule has 0 bridgehead atoms. The first-order valence-corrected chi connectivity index (χ1v) is 3.85. The van der Waals surface area contributed by atoms with E-state index in [1.54, 1.807) is 0 Å². The van der Waals surface area contributed by atoms with Crippen molar-refractivity contribution in [1.29, 1.82) is 0 Å². The van der Waals surface area contributed by atoms with Crippen LogP contribution in [0.4, 0.5) is 4.79 Å². The van der Waals surface area contributed by atoms with Crippen molar-refractivity contribution in [2.45, 2.75) is 6.17 Å². The van der Waals surface area contributed by atoms with Crippen LogP contribution in [0, 0.1) is 5.92 Å². The molecule has 11 heavy (non-hydrogen) atoms. The topological polar surface area (TPSA) is 65.2 Å². The van der Waals surface area contributed by atoms with E-state index in [0.717, 1.165) is 19.8 Å². The molecule has 0 radical (unpaired) electrons. The average Bonchev–Trinajstić information content (AvgIpc) is 2.04. The van der Waals surface area contributed by atoms with Gasteiger partial charge < -0.3 is 16.0 Å². The van der Waals surface area contributed by atoms with Crippen molar-refractivity contribution < 1.29 is 4.79 Å². The molecule has 2 rings (SSSR count). The van der Waals surface area contributed by atoms with Gasteiger partial charge in [-0.15, -0.1) is 0 Å². The van der Waals surface area contributed by atoms with Crippen molar-refractivity contribution in [3.05, 3.63) is 0 Å². The Morgan fingerprint density at radius 2 is 2.27 bits per heavy atom. The van der Waals surface area contributed by atoms with Gasteiger partial charge in [0.15, 0.2) is 0 Å². The van der Waals surface area contributed by atoms with Crippen LogP contribution in [-0.2, 0) is 0 Å². The van der Waals surface area contributed by atoms with Gasteiger partial charge in [-0.1, -0.05) is 0 Å². The predicted octanol–water partition coefficient (Wildman–Crippen LogP) is -1.61. The summed E-state index contributed by atoms with van der Waals surface area (Å²) in [7, 11) is 0. The van der Waals surface area contributed by atoms with Crippen LogP contribution in [0.1, 0.15) is 0 Å². The molecule has 0 saturated carbocycles. The lowest BCUT2D eigenvalue weighted by atomic mass is 10.0. The molecule has 0 spiro atoms. The number of carbonyl (C=O) groups is 1. The van der Waals surface area contributed by atoms with Gasteiger partial charge in [-0.05, 0) is 0 Å². The molecule has 2 saturated heterocycles. The van der Waals surface area contributed by atoms with E-state index in [9.17, 15) is 4.79 Å². The minimum atomic E-state index is -0.0688. The lowest BCUT2D eigenvalue weighted by Gasteiger charge is -2.37. The predicted molar refractivity (Wildman–Crippen MR) is 39.8 cm³/mol. The Kier molecular flexibility index (Phi) is 1.67. The van der Waals surface area contributed by atoms with Crippen LogP contribution < -0.4 is 21.3 Å². The molecule has 5 heteroatoms. The lowest BCUT2D eigenvalue weighted by Crippen LogP contribution is -2.66. The molecule has 2 aliphatic heterocycles. The van der Waals surface area contributed by atoms with Crippen LogP contribution in [0.25, 0.3) is 0 Å². The number of hydrogen-bond acceptors (Lipinski definition) is 3. The second kappa shape index (κ2) is 2.67. The second-order valence-corrected chi connectivity index (χ2v) is 2.93. The Balaban J connectivity index is 1.98. The number of fused-ring (bicyclic) bond motifs is 1. The maximum Gasteiger partial charge on any atom is 0.316 e. The van der Waals surface area contributed by atoms with Gasteiger partial charge in [0.2, 0.25) is 0 Å². The molecule has 2 fully saturated rings. The van der Waals surface area contributed by atoms with E-state index in [4.69, 9.17) is 0 Å². The lowest BCUT2D eigenvalue weighted by molar-refractivity contribution is 0.184. The van der Waals surface area contributed by atoms with E-state index in [1.165, 1.54) is 0 Å². The van der Waals surface area contributed by atoms with E-state index in [-0.39, 0.29) is 12.2 Å². The van der Waals surface area contributed by atoms with Crippen molar-refractivity contribution in [1.82, 2.24) is 21.3 Å². The van der Waals surface area contributed by atoms with E-state index < -0.39 is 0 Å². The number of nitrogens with one attached hydrogen (secondary N) is 4. The first-order chi connectivity index (χ1) is 5.36. The van der Waals surface area contributed by atoms with Gasteiger partial charge in [-0.2, -0.15) is 0 Å². The Morgan fingerprint density at radius 1 is 1.36 bits per heavy atom. The number of carbonyl (C=O) groups excluding carboxylic acids is 1. The van der Waals surface area contributed by atoms with Crippen molar-refractivity contribution in [3.8, 4) is 0 Å². The highest BCUT2D eigenvalue weighted by atomic mass is 16.2. The van der Waals surface area contributed by atoms with Crippen LogP contribution in [0.5, 0.6) is 0 Å². The van der Waals surface area contributed by atoms with Gasteiger partial charge in [0.1, 0.15) is 0 Å². The summed E-state index contributed by atoms with van der Waals surface area (Å²) in [6.45, 7) is 2.50. The number of urea groups is 1. The third-order valence-corrected chi connectivity index (χ3v) is 2.14. The zero-order valence-electron chi connectivity index (χ0n) is 6.18. The molecule has 0 aromatic rings. The SMILES string of the molecule is O=C1NCC2CNCNC2N1. The molecule has 0 aromatic carbocycles. The zero-order valence-corrected chi connectivity index (χ0v) is 6.18. The standard InChI is InChI=1S/C6H12N4O/c11-6-8-2-4-1-7-3-9-5(4)10-6/h4-5,7,9H,1-3H2,(H2,8,10,11). The normalized spacial score (nSPS) is 36.9. The molecule has 2 atom stereocenters. The minimum absolute atomic E-state index is 0.0688. The maximum absolute atomic E-state index is 10.8. The molecule has 2 unspecified atom stereocenters. The van der Waals surface area contributed by atoms with Gasteiger partial charge >= 0.3 is 6.03 Å². The second-order valence-electron chi connectivity index (χ2n) is 2.93. The van der Waals surface area contributed by atoms with Crippen LogP contribution in [0.2, 0.25) is 0 Å². The molecule has 0 aromatic heterocycles. The Hall–Kier alpha value is -0.810. The summed E-state index contributed by atoms with van der Waals surface area (Å²) in [6.07, 6.45) is 0.157. The summed E-state index contributed by atoms with van der Waals surface area (Å²) in [4.78, 5) is 10.8. The highest BCUT2D eigenvalue weighted by molar-refractivity contribution is 5.75.